The van der Waals surface area contributed by atoms with Gasteiger partial charge in [0, 0.05) is 19.5 Å². The second-order valence-corrected chi connectivity index (χ2v) is 4.40. The number of carboxylic acid groups (broad SMARTS) is 1. The van der Waals surface area contributed by atoms with Crippen molar-refractivity contribution in [3.8, 4) is 0 Å². The van der Waals surface area contributed by atoms with Crippen molar-refractivity contribution in [2.75, 3.05) is 26.2 Å². The van der Waals surface area contributed by atoms with Gasteiger partial charge in [0.1, 0.15) is 0 Å². The van der Waals surface area contributed by atoms with Crippen molar-refractivity contribution in [2.45, 2.75) is 12.8 Å². The van der Waals surface area contributed by atoms with Gasteiger partial charge in [-0.05, 0) is 25.4 Å². The molecule has 1 atom stereocenters. The van der Waals surface area contributed by atoms with Crippen molar-refractivity contribution in [1.82, 2.24) is 10.2 Å². The molecule has 2 aliphatic heterocycles. The van der Waals surface area contributed by atoms with Crippen molar-refractivity contribution in [3.05, 3.63) is 0 Å². The van der Waals surface area contributed by atoms with Crippen LogP contribution in [0.3, 0.4) is 0 Å². The molecule has 0 spiro atoms. The van der Waals surface area contributed by atoms with Crippen LogP contribution in [0.25, 0.3) is 0 Å². The number of likely N-dealkylation sites (tertiary alicyclic amines) is 1. The third-order valence-corrected chi connectivity index (χ3v) is 3.21. The number of carbonyl (C=O) groups is 2. The number of carboxylic acids is 1. The van der Waals surface area contributed by atoms with Crippen LogP contribution < -0.4 is 5.32 Å². The maximum atomic E-state index is 11.7. The number of aliphatic carboxylic acids is 1. The van der Waals surface area contributed by atoms with Crippen LogP contribution in [0, 0.1) is 11.8 Å². The van der Waals surface area contributed by atoms with Crippen molar-refractivity contribution in [3.63, 3.8) is 0 Å². The number of rotatable bonds is 3. The summed E-state index contributed by atoms with van der Waals surface area (Å²) < 4.78 is 0. The van der Waals surface area contributed by atoms with Crippen LogP contribution in [0.5, 0.6) is 0 Å². The maximum absolute atomic E-state index is 11.7. The first-order valence-electron chi connectivity index (χ1n) is 5.38. The molecule has 2 fully saturated rings. The summed E-state index contributed by atoms with van der Waals surface area (Å²) >= 11 is 0. The Morgan fingerprint density at radius 3 is 2.67 bits per heavy atom. The lowest BCUT2D eigenvalue weighted by atomic mass is 9.97. The van der Waals surface area contributed by atoms with Crippen molar-refractivity contribution >= 4 is 11.9 Å². The summed E-state index contributed by atoms with van der Waals surface area (Å²) in [5.74, 6) is -0.570. The minimum Gasteiger partial charge on any atom is -0.481 e. The fourth-order valence-corrected chi connectivity index (χ4v) is 2.10. The van der Waals surface area contributed by atoms with E-state index < -0.39 is 5.97 Å². The van der Waals surface area contributed by atoms with Gasteiger partial charge in [-0.2, -0.15) is 0 Å². The van der Waals surface area contributed by atoms with Gasteiger partial charge in [0.25, 0.3) is 0 Å². The van der Waals surface area contributed by atoms with Gasteiger partial charge in [-0.1, -0.05) is 0 Å². The second-order valence-electron chi connectivity index (χ2n) is 4.40. The minimum absolute atomic E-state index is 0.112. The van der Waals surface area contributed by atoms with Crippen LogP contribution in [0.15, 0.2) is 0 Å². The molecule has 84 valence electrons. The van der Waals surface area contributed by atoms with Crippen LogP contribution in [-0.2, 0) is 9.59 Å². The molecule has 2 heterocycles. The average Bonchev–Trinajstić information content (AvgIpc) is 2.52. The third-order valence-electron chi connectivity index (χ3n) is 3.21. The van der Waals surface area contributed by atoms with E-state index in [1.165, 1.54) is 0 Å². The molecule has 15 heavy (non-hydrogen) atoms. The molecule has 0 aromatic rings. The van der Waals surface area contributed by atoms with E-state index in [0.29, 0.717) is 25.4 Å². The molecule has 5 nitrogen and oxygen atoms in total. The number of nitrogens with one attached hydrogen (secondary N) is 1. The summed E-state index contributed by atoms with van der Waals surface area (Å²) in [6.07, 6.45) is 1.63. The largest absolute Gasteiger partial charge is 0.481 e. The highest BCUT2D eigenvalue weighted by Crippen LogP contribution is 2.20. The molecule has 0 saturated carbocycles. The number of hydrogen-bond donors (Lipinski definition) is 2. The summed E-state index contributed by atoms with van der Waals surface area (Å²) in [6, 6.07) is 0. The summed E-state index contributed by atoms with van der Waals surface area (Å²) in [4.78, 5) is 23.9. The van der Waals surface area contributed by atoms with Gasteiger partial charge < -0.3 is 15.3 Å². The molecule has 2 N–H and O–H groups in total. The zero-order valence-corrected chi connectivity index (χ0v) is 8.61. The molecule has 0 aliphatic carbocycles. The van der Waals surface area contributed by atoms with E-state index >= 15 is 0 Å². The highest BCUT2D eigenvalue weighted by molar-refractivity contribution is 5.81. The third kappa shape index (κ3) is 2.28. The Bertz CT molecular complexity index is 268. The Morgan fingerprint density at radius 2 is 2.13 bits per heavy atom. The van der Waals surface area contributed by atoms with Crippen molar-refractivity contribution in [2.24, 2.45) is 11.8 Å². The lowest BCUT2D eigenvalue weighted by Gasteiger charge is -2.37. The van der Waals surface area contributed by atoms with Crippen LogP contribution >= 0.6 is 0 Å². The molecular formula is C10H16N2O3. The lowest BCUT2D eigenvalue weighted by molar-refractivity contribution is -0.153. The Labute approximate surface area is 88.4 Å². The molecule has 2 aliphatic rings. The van der Waals surface area contributed by atoms with E-state index in [0.717, 1.165) is 19.5 Å². The van der Waals surface area contributed by atoms with Crippen LogP contribution in [-0.4, -0.2) is 48.1 Å². The summed E-state index contributed by atoms with van der Waals surface area (Å²) in [6.45, 7) is 2.71. The molecule has 0 aromatic heterocycles. The van der Waals surface area contributed by atoms with E-state index in [1.54, 1.807) is 4.90 Å². The number of hydrogen-bond acceptors (Lipinski definition) is 3. The fourth-order valence-electron chi connectivity index (χ4n) is 2.10. The monoisotopic (exact) mass is 212 g/mol. The van der Waals surface area contributed by atoms with Crippen molar-refractivity contribution in [1.29, 1.82) is 0 Å². The highest BCUT2D eigenvalue weighted by atomic mass is 16.4. The molecule has 1 unspecified atom stereocenters. The first-order valence-corrected chi connectivity index (χ1v) is 5.38. The molecule has 2 saturated heterocycles. The average molecular weight is 212 g/mol. The number of carbonyl (C=O) groups excluding carboxylic acids is 1. The number of nitrogens with zero attached hydrogens (tertiary/aromatic N) is 1. The molecule has 2 rings (SSSR count). The zero-order valence-electron chi connectivity index (χ0n) is 8.61. The quantitative estimate of drug-likeness (QED) is 0.663. The van der Waals surface area contributed by atoms with Crippen LogP contribution in [0.1, 0.15) is 12.8 Å². The standard InChI is InChI=1S/C10H16N2O3/c13-9(3-7-1-2-11-4-7)12-5-8(6-12)10(14)15/h7-8,11H,1-6H2,(H,14,15). The predicted molar refractivity (Wildman–Crippen MR) is 53.3 cm³/mol. The van der Waals surface area contributed by atoms with Gasteiger partial charge in [0.2, 0.25) is 5.91 Å². The predicted octanol–water partition coefficient (Wildman–Crippen LogP) is -0.471. The van der Waals surface area contributed by atoms with Gasteiger partial charge in [0.05, 0.1) is 5.92 Å². The highest BCUT2D eigenvalue weighted by Gasteiger charge is 2.36. The minimum atomic E-state index is -0.790. The van der Waals surface area contributed by atoms with Gasteiger partial charge in [-0.15, -0.1) is 0 Å². The Kier molecular flexibility index (Phi) is 2.90. The van der Waals surface area contributed by atoms with Crippen LogP contribution in [0.2, 0.25) is 0 Å². The molecule has 0 radical (unpaired) electrons. The molecule has 0 aromatic carbocycles. The Hall–Kier alpha value is -1.10. The number of amides is 1. The first kappa shape index (κ1) is 10.4. The maximum Gasteiger partial charge on any atom is 0.310 e. The summed E-state index contributed by atoms with van der Waals surface area (Å²) in [5, 5.41) is 11.9. The zero-order chi connectivity index (χ0) is 10.8. The van der Waals surface area contributed by atoms with Gasteiger partial charge in [-0.3, -0.25) is 9.59 Å². The SMILES string of the molecule is O=C(O)C1CN(C(=O)CC2CCNC2)C1. The molecule has 5 heteroatoms. The van der Waals surface area contributed by atoms with E-state index in [4.69, 9.17) is 5.11 Å². The Balaban J connectivity index is 1.71. The van der Waals surface area contributed by atoms with Crippen LogP contribution in [0.4, 0.5) is 0 Å². The molecular weight excluding hydrogens is 196 g/mol. The summed E-state index contributed by atoms with van der Waals surface area (Å²) in [7, 11) is 0. The normalized spacial score (nSPS) is 26.4. The fraction of sp³-hybridized carbons (Fsp3) is 0.800. The second kappa shape index (κ2) is 4.18. The summed E-state index contributed by atoms with van der Waals surface area (Å²) in [5.41, 5.74) is 0. The first-order chi connectivity index (χ1) is 7.16. The van der Waals surface area contributed by atoms with Gasteiger partial charge >= 0.3 is 5.97 Å². The van der Waals surface area contributed by atoms with E-state index in [2.05, 4.69) is 5.32 Å². The van der Waals surface area contributed by atoms with E-state index in [9.17, 15) is 9.59 Å². The topological polar surface area (TPSA) is 69.6 Å². The Morgan fingerprint density at radius 1 is 1.40 bits per heavy atom. The molecule has 0 bridgehead atoms. The van der Waals surface area contributed by atoms with E-state index in [-0.39, 0.29) is 11.8 Å². The van der Waals surface area contributed by atoms with Crippen molar-refractivity contribution < 1.29 is 14.7 Å². The smallest absolute Gasteiger partial charge is 0.310 e. The van der Waals surface area contributed by atoms with E-state index in [1.807, 2.05) is 0 Å². The lowest BCUT2D eigenvalue weighted by Crippen LogP contribution is -2.53. The van der Waals surface area contributed by atoms with Gasteiger partial charge in [-0.25, -0.2) is 0 Å². The molecule has 1 amide bonds. The van der Waals surface area contributed by atoms with Gasteiger partial charge in [0.15, 0.2) is 0 Å².